The predicted molar refractivity (Wildman–Crippen MR) is 66.7 cm³/mol. The number of rotatable bonds is 2. The van der Waals surface area contributed by atoms with Gasteiger partial charge in [0.25, 0.3) is 5.91 Å². The first kappa shape index (κ1) is 12.8. The molecule has 2 aliphatic rings. The van der Waals surface area contributed by atoms with Gasteiger partial charge in [0.15, 0.2) is 0 Å². The van der Waals surface area contributed by atoms with Crippen LogP contribution in [-0.4, -0.2) is 58.6 Å². The minimum absolute atomic E-state index is 0.128. The number of carbonyl (C=O) groups excluding carboxylic acids is 1. The van der Waals surface area contributed by atoms with Crippen molar-refractivity contribution < 1.29 is 9.90 Å². The first-order valence-corrected chi connectivity index (χ1v) is 6.74. The van der Waals surface area contributed by atoms with Crippen LogP contribution < -0.4 is 0 Å². The molecule has 1 unspecified atom stereocenters. The Balaban J connectivity index is 1.88. The van der Waals surface area contributed by atoms with Gasteiger partial charge in [-0.1, -0.05) is 6.42 Å². The number of hydrogen-bond acceptors (Lipinski definition) is 3. The molecule has 0 radical (unpaired) electrons. The zero-order valence-electron chi connectivity index (χ0n) is 11.0. The van der Waals surface area contributed by atoms with Crippen LogP contribution >= 0.6 is 0 Å². The van der Waals surface area contributed by atoms with Crippen molar-refractivity contribution in [3.8, 4) is 0 Å². The zero-order valence-corrected chi connectivity index (χ0v) is 11.0. The highest BCUT2D eigenvalue weighted by molar-refractivity contribution is 5.84. The number of nitrogens with zero attached hydrogens (tertiary/aromatic N) is 2. The van der Waals surface area contributed by atoms with Crippen molar-refractivity contribution in [2.45, 2.75) is 51.2 Å². The third-order valence-corrected chi connectivity index (χ3v) is 3.88. The summed E-state index contributed by atoms with van der Waals surface area (Å²) in [6.45, 7) is 7.09. The van der Waals surface area contributed by atoms with Crippen LogP contribution in [0.2, 0.25) is 0 Å². The third-order valence-electron chi connectivity index (χ3n) is 3.88. The molecule has 1 atom stereocenters. The minimum Gasteiger partial charge on any atom is -0.381 e. The van der Waals surface area contributed by atoms with E-state index in [0.29, 0.717) is 6.04 Å². The van der Waals surface area contributed by atoms with Gasteiger partial charge in [-0.2, -0.15) is 0 Å². The van der Waals surface area contributed by atoms with Crippen LogP contribution in [0.5, 0.6) is 0 Å². The third kappa shape index (κ3) is 2.99. The molecular formula is C13H24N2O2. The molecule has 2 fully saturated rings. The van der Waals surface area contributed by atoms with E-state index in [4.69, 9.17) is 0 Å². The summed E-state index contributed by atoms with van der Waals surface area (Å²) < 4.78 is 0. The van der Waals surface area contributed by atoms with E-state index in [9.17, 15) is 9.90 Å². The molecule has 0 aromatic rings. The normalized spacial score (nSPS) is 27.5. The molecule has 0 bridgehead atoms. The first-order chi connectivity index (χ1) is 7.98. The van der Waals surface area contributed by atoms with Crippen LogP contribution in [-0.2, 0) is 4.79 Å². The lowest BCUT2D eigenvalue weighted by molar-refractivity contribution is -0.146. The molecule has 0 aliphatic carbocycles. The lowest BCUT2D eigenvalue weighted by Crippen LogP contribution is -2.46. The van der Waals surface area contributed by atoms with Gasteiger partial charge in [0.05, 0.1) is 0 Å². The maximum absolute atomic E-state index is 12.0. The van der Waals surface area contributed by atoms with E-state index in [1.54, 1.807) is 13.8 Å². The van der Waals surface area contributed by atoms with E-state index in [0.717, 1.165) is 19.5 Å². The SMILES string of the molecule is CC(C)(O)C(=O)N1CCC(N2CCCCC2)C1. The summed E-state index contributed by atoms with van der Waals surface area (Å²) in [6, 6.07) is 0.515. The van der Waals surface area contributed by atoms with Gasteiger partial charge >= 0.3 is 0 Å². The summed E-state index contributed by atoms with van der Waals surface area (Å²) in [5.41, 5.74) is -1.23. The van der Waals surface area contributed by atoms with Gasteiger partial charge in [-0.15, -0.1) is 0 Å². The number of likely N-dealkylation sites (tertiary alicyclic amines) is 2. The lowest BCUT2D eigenvalue weighted by atomic mass is 10.1. The molecule has 0 spiro atoms. The van der Waals surface area contributed by atoms with E-state index in [2.05, 4.69) is 4.90 Å². The molecule has 4 heteroatoms. The molecule has 1 N–H and O–H groups in total. The molecule has 17 heavy (non-hydrogen) atoms. The van der Waals surface area contributed by atoms with E-state index in [1.165, 1.54) is 32.4 Å². The average molecular weight is 240 g/mol. The molecule has 0 saturated carbocycles. The summed E-state index contributed by atoms with van der Waals surface area (Å²) in [7, 11) is 0. The second-order valence-corrected chi connectivity index (χ2v) is 5.85. The smallest absolute Gasteiger partial charge is 0.254 e. The lowest BCUT2D eigenvalue weighted by Gasteiger charge is -2.32. The van der Waals surface area contributed by atoms with E-state index >= 15 is 0 Å². The van der Waals surface area contributed by atoms with Crippen LogP contribution in [0.3, 0.4) is 0 Å². The topological polar surface area (TPSA) is 43.8 Å². The maximum atomic E-state index is 12.0. The first-order valence-electron chi connectivity index (χ1n) is 6.74. The summed E-state index contributed by atoms with van der Waals surface area (Å²) in [4.78, 5) is 16.3. The largest absolute Gasteiger partial charge is 0.381 e. The Morgan fingerprint density at radius 2 is 1.82 bits per heavy atom. The Morgan fingerprint density at radius 1 is 1.18 bits per heavy atom. The van der Waals surface area contributed by atoms with E-state index in [1.807, 2.05) is 4.90 Å². The van der Waals surface area contributed by atoms with Crippen molar-refractivity contribution in [1.29, 1.82) is 0 Å². The van der Waals surface area contributed by atoms with Crippen LogP contribution in [0.25, 0.3) is 0 Å². The molecule has 0 aromatic heterocycles. The highest BCUT2D eigenvalue weighted by Gasteiger charge is 2.36. The van der Waals surface area contributed by atoms with Gasteiger partial charge in [0.1, 0.15) is 5.60 Å². The van der Waals surface area contributed by atoms with Crippen molar-refractivity contribution >= 4 is 5.91 Å². The fraction of sp³-hybridized carbons (Fsp3) is 0.923. The van der Waals surface area contributed by atoms with Crippen molar-refractivity contribution in [1.82, 2.24) is 9.80 Å². The molecule has 2 rings (SSSR count). The van der Waals surface area contributed by atoms with Gasteiger partial charge in [-0.3, -0.25) is 9.69 Å². The Bertz CT molecular complexity index is 280. The second-order valence-electron chi connectivity index (χ2n) is 5.85. The summed E-state index contributed by atoms with van der Waals surface area (Å²) >= 11 is 0. The molecule has 2 aliphatic heterocycles. The standard InChI is InChI=1S/C13H24N2O2/c1-13(2,17)12(16)15-9-6-11(10-15)14-7-4-3-5-8-14/h11,17H,3-10H2,1-2H3. The van der Waals surface area contributed by atoms with E-state index < -0.39 is 5.60 Å². The van der Waals surface area contributed by atoms with Crippen molar-refractivity contribution in [2.24, 2.45) is 0 Å². The molecule has 98 valence electrons. The minimum atomic E-state index is -1.23. The van der Waals surface area contributed by atoms with Gasteiger partial charge in [0.2, 0.25) is 0 Å². The number of amides is 1. The summed E-state index contributed by atoms with van der Waals surface area (Å²) in [6.07, 6.45) is 4.98. The molecular weight excluding hydrogens is 216 g/mol. The van der Waals surface area contributed by atoms with Crippen molar-refractivity contribution in [2.75, 3.05) is 26.2 Å². The van der Waals surface area contributed by atoms with Gasteiger partial charge in [-0.05, 0) is 46.2 Å². The van der Waals surface area contributed by atoms with Gasteiger partial charge < -0.3 is 10.0 Å². The molecule has 1 amide bonds. The molecule has 0 aromatic carbocycles. The van der Waals surface area contributed by atoms with Crippen molar-refractivity contribution in [3.05, 3.63) is 0 Å². The highest BCUT2D eigenvalue weighted by Crippen LogP contribution is 2.22. The monoisotopic (exact) mass is 240 g/mol. The van der Waals surface area contributed by atoms with Crippen LogP contribution in [0.1, 0.15) is 39.5 Å². The Hall–Kier alpha value is -0.610. The van der Waals surface area contributed by atoms with Crippen molar-refractivity contribution in [3.63, 3.8) is 0 Å². The summed E-state index contributed by atoms with van der Waals surface area (Å²) in [5.74, 6) is -0.128. The number of carbonyl (C=O) groups is 1. The fourth-order valence-corrected chi connectivity index (χ4v) is 2.89. The Morgan fingerprint density at radius 3 is 2.41 bits per heavy atom. The van der Waals surface area contributed by atoms with Gasteiger partial charge in [-0.25, -0.2) is 0 Å². The molecule has 2 heterocycles. The Labute approximate surface area is 104 Å². The van der Waals surface area contributed by atoms with Crippen LogP contribution in [0.15, 0.2) is 0 Å². The molecule has 4 nitrogen and oxygen atoms in total. The number of piperidine rings is 1. The summed E-state index contributed by atoms with van der Waals surface area (Å²) in [5, 5.41) is 9.74. The maximum Gasteiger partial charge on any atom is 0.254 e. The highest BCUT2D eigenvalue weighted by atomic mass is 16.3. The fourth-order valence-electron chi connectivity index (χ4n) is 2.89. The average Bonchev–Trinajstić information content (AvgIpc) is 2.77. The van der Waals surface area contributed by atoms with Crippen LogP contribution in [0, 0.1) is 0 Å². The predicted octanol–water partition coefficient (Wildman–Crippen LogP) is 0.844. The molecule has 2 saturated heterocycles. The number of hydrogen-bond donors (Lipinski definition) is 1. The Kier molecular flexibility index (Phi) is 3.73. The zero-order chi connectivity index (χ0) is 12.5. The number of aliphatic hydroxyl groups is 1. The second kappa shape index (κ2) is 4.94. The van der Waals surface area contributed by atoms with Gasteiger partial charge in [0, 0.05) is 19.1 Å². The van der Waals surface area contributed by atoms with Crippen LogP contribution in [0.4, 0.5) is 0 Å². The quantitative estimate of drug-likeness (QED) is 0.778. The van der Waals surface area contributed by atoms with E-state index in [-0.39, 0.29) is 5.91 Å².